The van der Waals surface area contributed by atoms with Crippen molar-refractivity contribution >= 4 is 11.9 Å². The Labute approximate surface area is 149 Å². The number of ether oxygens (including phenoxy) is 1. The molecule has 2 heterocycles. The number of carbonyl (C=O) groups excluding carboxylic acids is 2. The van der Waals surface area contributed by atoms with Crippen molar-refractivity contribution in [2.75, 3.05) is 20.2 Å². The first-order chi connectivity index (χ1) is 12.1. The number of likely N-dealkylation sites (tertiary alicyclic amines) is 1. The fraction of sp³-hybridized carbons (Fsp3) is 0.600. The van der Waals surface area contributed by atoms with Crippen LogP contribution in [0.5, 0.6) is 0 Å². The van der Waals surface area contributed by atoms with Crippen LogP contribution < -0.4 is 0 Å². The number of amides is 1. The average molecular weight is 344 g/mol. The number of piperidine rings is 1. The average Bonchev–Trinajstić information content (AvgIpc) is 2.66. The van der Waals surface area contributed by atoms with Gasteiger partial charge >= 0.3 is 5.97 Å². The summed E-state index contributed by atoms with van der Waals surface area (Å²) in [7, 11) is 1.39. The monoisotopic (exact) mass is 344 g/mol. The lowest BCUT2D eigenvalue weighted by Gasteiger charge is -2.39. The van der Waals surface area contributed by atoms with Gasteiger partial charge in [-0.25, -0.2) is 4.79 Å². The highest BCUT2D eigenvalue weighted by molar-refractivity contribution is 5.86. The SMILES string of the molecule is CC[C@H]1CCCCN1CC(=O)N1Cc2ccccc2C[C@@H]1C(=O)OC. The summed E-state index contributed by atoms with van der Waals surface area (Å²) in [5, 5.41) is 0. The largest absolute Gasteiger partial charge is 0.467 e. The quantitative estimate of drug-likeness (QED) is 0.787. The molecule has 1 amide bonds. The Morgan fingerprint density at radius 3 is 2.68 bits per heavy atom. The third kappa shape index (κ3) is 3.87. The Balaban J connectivity index is 1.77. The number of carbonyl (C=O) groups is 2. The zero-order chi connectivity index (χ0) is 17.8. The highest BCUT2D eigenvalue weighted by Crippen LogP contribution is 2.25. The lowest BCUT2D eigenvalue weighted by molar-refractivity contribution is -0.154. The molecule has 1 aromatic carbocycles. The molecule has 136 valence electrons. The molecule has 0 bridgehead atoms. The van der Waals surface area contributed by atoms with Crippen LogP contribution in [0.15, 0.2) is 24.3 Å². The van der Waals surface area contributed by atoms with Gasteiger partial charge in [-0.3, -0.25) is 9.69 Å². The molecular formula is C20H28N2O3. The number of rotatable bonds is 4. The number of benzene rings is 1. The Kier molecular flexibility index (Phi) is 5.74. The summed E-state index contributed by atoms with van der Waals surface area (Å²) in [6.45, 7) is 4.03. The summed E-state index contributed by atoms with van der Waals surface area (Å²) in [5.41, 5.74) is 2.26. The molecule has 0 radical (unpaired) electrons. The van der Waals surface area contributed by atoms with Gasteiger partial charge in [-0.15, -0.1) is 0 Å². The zero-order valence-corrected chi connectivity index (χ0v) is 15.2. The molecule has 5 nitrogen and oxygen atoms in total. The maximum atomic E-state index is 13.0. The molecule has 1 saturated heterocycles. The van der Waals surface area contributed by atoms with Crippen LogP contribution in [0.1, 0.15) is 43.7 Å². The Morgan fingerprint density at radius 1 is 1.20 bits per heavy atom. The second-order valence-electron chi connectivity index (χ2n) is 7.06. The predicted molar refractivity (Wildman–Crippen MR) is 96.0 cm³/mol. The van der Waals surface area contributed by atoms with Crippen LogP contribution in [0, 0.1) is 0 Å². The molecule has 2 aliphatic rings. The molecule has 0 aromatic heterocycles. The smallest absolute Gasteiger partial charge is 0.328 e. The van der Waals surface area contributed by atoms with Crippen LogP contribution >= 0.6 is 0 Å². The van der Waals surface area contributed by atoms with E-state index in [1.165, 1.54) is 13.5 Å². The molecule has 3 rings (SSSR count). The van der Waals surface area contributed by atoms with E-state index in [1.807, 2.05) is 24.3 Å². The fourth-order valence-corrected chi connectivity index (χ4v) is 4.13. The lowest BCUT2D eigenvalue weighted by atomic mass is 9.93. The number of methoxy groups -OCH3 is 1. The first kappa shape index (κ1) is 17.9. The van der Waals surface area contributed by atoms with Gasteiger partial charge in [0.15, 0.2) is 0 Å². The first-order valence-corrected chi connectivity index (χ1v) is 9.32. The van der Waals surface area contributed by atoms with Crippen LogP contribution in [0.2, 0.25) is 0 Å². The van der Waals surface area contributed by atoms with Gasteiger partial charge in [0.2, 0.25) is 5.91 Å². The number of nitrogens with zero attached hydrogens (tertiary/aromatic N) is 2. The molecule has 1 fully saturated rings. The summed E-state index contributed by atoms with van der Waals surface area (Å²) in [6, 6.07) is 8.00. The molecule has 2 atom stereocenters. The van der Waals surface area contributed by atoms with Gasteiger partial charge in [-0.1, -0.05) is 37.6 Å². The van der Waals surface area contributed by atoms with Crippen molar-refractivity contribution in [3.05, 3.63) is 35.4 Å². The normalized spacial score (nSPS) is 23.8. The highest BCUT2D eigenvalue weighted by atomic mass is 16.5. The Bertz CT molecular complexity index is 631. The van der Waals surface area contributed by atoms with E-state index in [2.05, 4.69) is 11.8 Å². The number of esters is 1. The van der Waals surface area contributed by atoms with Crippen molar-refractivity contribution in [2.24, 2.45) is 0 Å². The van der Waals surface area contributed by atoms with Gasteiger partial charge in [-0.2, -0.15) is 0 Å². The maximum Gasteiger partial charge on any atom is 0.328 e. The van der Waals surface area contributed by atoms with E-state index >= 15 is 0 Å². The van der Waals surface area contributed by atoms with Crippen LogP contribution in [0.3, 0.4) is 0 Å². The minimum atomic E-state index is -0.516. The number of fused-ring (bicyclic) bond motifs is 1. The number of hydrogen-bond donors (Lipinski definition) is 0. The van der Waals surface area contributed by atoms with E-state index in [1.54, 1.807) is 4.90 Å². The molecular weight excluding hydrogens is 316 g/mol. The van der Waals surface area contributed by atoms with E-state index in [9.17, 15) is 9.59 Å². The topological polar surface area (TPSA) is 49.9 Å². The third-order valence-electron chi connectivity index (χ3n) is 5.60. The summed E-state index contributed by atoms with van der Waals surface area (Å²) >= 11 is 0. The summed E-state index contributed by atoms with van der Waals surface area (Å²) in [6.07, 6.45) is 5.15. The van der Waals surface area contributed by atoms with Crippen molar-refractivity contribution < 1.29 is 14.3 Å². The second-order valence-corrected chi connectivity index (χ2v) is 7.06. The van der Waals surface area contributed by atoms with E-state index in [0.29, 0.717) is 25.6 Å². The number of hydrogen-bond acceptors (Lipinski definition) is 4. The fourth-order valence-electron chi connectivity index (χ4n) is 4.13. The van der Waals surface area contributed by atoms with Crippen molar-refractivity contribution in [3.63, 3.8) is 0 Å². The molecule has 5 heteroatoms. The van der Waals surface area contributed by atoms with E-state index in [4.69, 9.17) is 4.74 Å². The van der Waals surface area contributed by atoms with Crippen LogP contribution in [0.25, 0.3) is 0 Å². The van der Waals surface area contributed by atoms with E-state index in [-0.39, 0.29) is 11.9 Å². The summed E-state index contributed by atoms with van der Waals surface area (Å²) in [5.74, 6) is -0.293. The zero-order valence-electron chi connectivity index (χ0n) is 15.2. The third-order valence-corrected chi connectivity index (χ3v) is 5.60. The minimum absolute atomic E-state index is 0.0326. The Hall–Kier alpha value is -1.88. The van der Waals surface area contributed by atoms with Crippen LogP contribution in [-0.4, -0.2) is 54.0 Å². The maximum absolute atomic E-state index is 13.0. The standard InChI is InChI=1S/C20H28N2O3/c1-3-17-10-6-7-11-21(17)14-19(23)22-13-16-9-5-4-8-15(16)12-18(22)20(24)25-2/h4-5,8-9,17-18H,3,6-7,10-14H2,1-2H3/t17-,18+/m0/s1. The van der Waals surface area contributed by atoms with Crippen LogP contribution in [-0.2, 0) is 27.3 Å². The minimum Gasteiger partial charge on any atom is -0.467 e. The summed E-state index contributed by atoms with van der Waals surface area (Å²) in [4.78, 5) is 29.3. The highest BCUT2D eigenvalue weighted by Gasteiger charge is 2.36. The van der Waals surface area contributed by atoms with Crippen LogP contribution in [0.4, 0.5) is 0 Å². The first-order valence-electron chi connectivity index (χ1n) is 9.32. The molecule has 0 N–H and O–H groups in total. The second kappa shape index (κ2) is 8.00. The van der Waals surface area contributed by atoms with Gasteiger partial charge in [0.05, 0.1) is 13.7 Å². The molecule has 0 aliphatic carbocycles. The van der Waals surface area contributed by atoms with E-state index in [0.717, 1.165) is 36.9 Å². The Morgan fingerprint density at radius 2 is 1.96 bits per heavy atom. The molecule has 0 spiro atoms. The summed E-state index contributed by atoms with van der Waals surface area (Å²) < 4.78 is 4.97. The van der Waals surface area contributed by atoms with Crippen molar-refractivity contribution in [3.8, 4) is 0 Å². The molecule has 1 aromatic rings. The van der Waals surface area contributed by atoms with Gasteiger partial charge < -0.3 is 9.64 Å². The van der Waals surface area contributed by atoms with E-state index < -0.39 is 6.04 Å². The van der Waals surface area contributed by atoms with Gasteiger partial charge in [0.25, 0.3) is 0 Å². The van der Waals surface area contributed by atoms with Crippen molar-refractivity contribution in [2.45, 2.75) is 57.7 Å². The molecule has 2 aliphatic heterocycles. The van der Waals surface area contributed by atoms with Gasteiger partial charge in [0, 0.05) is 19.0 Å². The molecule has 25 heavy (non-hydrogen) atoms. The van der Waals surface area contributed by atoms with Gasteiger partial charge in [-0.05, 0) is 36.9 Å². The lowest BCUT2D eigenvalue weighted by Crippen LogP contribution is -2.53. The van der Waals surface area contributed by atoms with Gasteiger partial charge in [0.1, 0.15) is 6.04 Å². The van der Waals surface area contributed by atoms with Crippen molar-refractivity contribution in [1.29, 1.82) is 0 Å². The predicted octanol–water partition coefficient (Wildman–Crippen LogP) is 2.38. The molecule has 0 saturated carbocycles. The van der Waals surface area contributed by atoms with Crippen molar-refractivity contribution in [1.82, 2.24) is 9.80 Å². The molecule has 0 unspecified atom stereocenters.